The third-order valence-corrected chi connectivity index (χ3v) is 4.77. The lowest BCUT2D eigenvalue weighted by Gasteiger charge is -2.31. The van der Waals surface area contributed by atoms with E-state index < -0.39 is 0 Å². The number of rotatable bonds is 7. The molecule has 1 heterocycles. The van der Waals surface area contributed by atoms with Gasteiger partial charge in [-0.2, -0.15) is 0 Å². The fraction of sp³-hybridized carbons (Fsp3) is 1.00. The van der Waals surface area contributed by atoms with Crippen LogP contribution in [0.4, 0.5) is 0 Å². The lowest BCUT2D eigenvalue weighted by atomic mass is 9.98. The summed E-state index contributed by atoms with van der Waals surface area (Å²) in [6, 6.07) is 0.584. The van der Waals surface area contributed by atoms with Gasteiger partial charge in [0.2, 0.25) is 0 Å². The Hall–Kier alpha value is -0.160. The molecule has 0 spiro atoms. The molecule has 4 heteroatoms. The van der Waals surface area contributed by atoms with Crippen molar-refractivity contribution in [3.05, 3.63) is 0 Å². The van der Waals surface area contributed by atoms with Gasteiger partial charge in [0.15, 0.2) is 0 Å². The molecule has 2 aliphatic rings. The minimum atomic E-state index is -0.0362. The van der Waals surface area contributed by atoms with E-state index in [2.05, 4.69) is 24.2 Å². The summed E-state index contributed by atoms with van der Waals surface area (Å²) in [7, 11) is 2.21. The molecule has 1 aliphatic heterocycles. The molecule has 2 N–H and O–H groups in total. The number of nitrogens with zero attached hydrogens (tertiary/aromatic N) is 1. The van der Waals surface area contributed by atoms with Gasteiger partial charge in [-0.25, -0.2) is 0 Å². The van der Waals surface area contributed by atoms with E-state index in [1.807, 2.05) is 0 Å². The third-order valence-electron chi connectivity index (χ3n) is 4.77. The number of ether oxygens (including phenoxy) is 1. The summed E-state index contributed by atoms with van der Waals surface area (Å²) in [5.74, 6) is 0. The van der Waals surface area contributed by atoms with E-state index in [1.54, 1.807) is 0 Å². The number of aliphatic hydroxyl groups is 1. The van der Waals surface area contributed by atoms with Crippen molar-refractivity contribution in [2.45, 2.75) is 63.1 Å². The molecule has 3 atom stereocenters. The van der Waals surface area contributed by atoms with E-state index in [0.29, 0.717) is 12.1 Å². The predicted molar refractivity (Wildman–Crippen MR) is 77.4 cm³/mol. The lowest BCUT2D eigenvalue weighted by Crippen LogP contribution is -2.48. The first-order valence-corrected chi connectivity index (χ1v) is 7.87. The van der Waals surface area contributed by atoms with Gasteiger partial charge in [-0.1, -0.05) is 6.92 Å². The van der Waals surface area contributed by atoms with Crippen LogP contribution in [0.25, 0.3) is 0 Å². The van der Waals surface area contributed by atoms with Crippen LogP contribution >= 0.6 is 0 Å². The van der Waals surface area contributed by atoms with Gasteiger partial charge in [0.25, 0.3) is 0 Å². The SMILES string of the molecule is CCCNC1(CO)CCC(N(C)CC2CCCO2)C1. The van der Waals surface area contributed by atoms with Crippen LogP contribution in [0.15, 0.2) is 0 Å². The zero-order valence-electron chi connectivity index (χ0n) is 12.5. The van der Waals surface area contributed by atoms with E-state index in [4.69, 9.17) is 4.74 Å². The largest absolute Gasteiger partial charge is 0.394 e. The van der Waals surface area contributed by atoms with Crippen LogP contribution in [0.1, 0.15) is 45.4 Å². The van der Waals surface area contributed by atoms with Crippen LogP contribution in [0.2, 0.25) is 0 Å². The van der Waals surface area contributed by atoms with Crippen LogP contribution in [0, 0.1) is 0 Å². The number of nitrogens with one attached hydrogen (secondary N) is 1. The highest BCUT2D eigenvalue weighted by Gasteiger charge is 2.40. The Balaban J connectivity index is 1.81. The van der Waals surface area contributed by atoms with Gasteiger partial charge in [-0.05, 0) is 52.1 Å². The molecule has 0 radical (unpaired) electrons. The summed E-state index contributed by atoms with van der Waals surface area (Å²) in [5, 5.41) is 13.3. The van der Waals surface area contributed by atoms with Gasteiger partial charge >= 0.3 is 0 Å². The van der Waals surface area contributed by atoms with Crippen LogP contribution in [0.5, 0.6) is 0 Å². The summed E-state index contributed by atoms with van der Waals surface area (Å²) >= 11 is 0. The Bertz CT molecular complexity index is 269. The Morgan fingerprint density at radius 2 is 2.26 bits per heavy atom. The molecule has 4 nitrogen and oxygen atoms in total. The quantitative estimate of drug-likeness (QED) is 0.733. The van der Waals surface area contributed by atoms with E-state index in [-0.39, 0.29) is 12.1 Å². The number of hydrogen-bond donors (Lipinski definition) is 2. The minimum Gasteiger partial charge on any atom is -0.394 e. The van der Waals surface area contributed by atoms with Gasteiger partial charge in [-0.3, -0.25) is 0 Å². The van der Waals surface area contributed by atoms with Crippen molar-refractivity contribution in [1.29, 1.82) is 0 Å². The molecule has 2 rings (SSSR count). The maximum Gasteiger partial charge on any atom is 0.0702 e. The molecule has 0 aromatic heterocycles. The molecule has 0 amide bonds. The fourth-order valence-corrected chi connectivity index (χ4v) is 3.48. The fourth-order valence-electron chi connectivity index (χ4n) is 3.48. The summed E-state index contributed by atoms with van der Waals surface area (Å²) < 4.78 is 5.72. The van der Waals surface area contributed by atoms with Crippen LogP contribution in [0.3, 0.4) is 0 Å². The molecule has 0 aromatic carbocycles. The summed E-state index contributed by atoms with van der Waals surface area (Å²) in [5.41, 5.74) is -0.0362. The monoisotopic (exact) mass is 270 g/mol. The van der Waals surface area contributed by atoms with Gasteiger partial charge in [0, 0.05) is 24.7 Å². The molecule has 1 saturated carbocycles. The highest BCUT2D eigenvalue weighted by atomic mass is 16.5. The highest BCUT2D eigenvalue weighted by molar-refractivity contribution is 4.99. The summed E-state index contributed by atoms with van der Waals surface area (Å²) in [6.45, 7) is 5.41. The Morgan fingerprint density at radius 1 is 1.42 bits per heavy atom. The molecular weight excluding hydrogens is 240 g/mol. The average molecular weight is 270 g/mol. The molecule has 112 valence electrons. The van der Waals surface area contributed by atoms with Crippen molar-refractivity contribution in [2.75, 3.05) is 33.4 Å². The average Bonchev–Trinajstić information content (AvgIpc) is 3.06. The number of hydrogen-bond acceptors (Lipinski definition) is 4. The number of aliphatic hydroxyl groups excluding tert-OH is 1. The maximum absolute atomic E-state index is 9.72. The Labute approximate surface area is 117 Å². The van der Waals surface area contributed by atoms with Crippen LogP contribution < -0.4 is 5.32 Å². The van der Waals surface area contributed by atoms with Gasteiger partial charge in [0.1, 0.15) is 0 Å². The molecule has 2 fully saturated rings. The molecular formula is C15H30N2O2. The Kier molecular flexibility index (Phi) is 5.63. The van der Waals surface area contributed by atoms with Crippen molar-refractivity contribution in [3.63, 3.8) is 0 Å². The van der Waals surface area contributed by atoms with E-state index in [0.717, 1.165) is 39.0 Å². The Morgan fingerprint density at radius 3 is 2.89 bits per heavy atom. The van der Waals surface area contributed by atoms with Crippen molar-refractivity contribution >= 4 is 0 Å². The normalized spacial score (nSPS) is 35.4. The van der Waals surface area contributed by atoms with Crippen molar-refractivity contribution in [2.24, 2.45) is 0 Å². The third kappa shape index (κ3) is 3.91. The second-order valence-electron chi connectivity index (χ2n) is 6.34. The van der Waals surface area contributed by atoms with Crippen molar-refractivity contribution < 1.29 is 9.84 Å². The molecule has 1 saturated heterocycles. The molecule has 0 bridgehead atoms. The smallest absolute Gasteiger partial charge is 0.0702 e. The summed E-state index contributed by atoms with van der Waals surface area (Å²) in [4.78, 5) is 2.45. The topological polar surface area (TPSA) is 44.7 Å². The number of likely N-dealkylation sites (N-methyl/N-ethyl adjacent to an activating group) is 1. The van der Waals surface area contributed by atoms with Crippen LogP contribution in [-0.2, 0) is 4.74 Å². The van der Waals surface area contributed by atoms with Crippen molar-refractivity contribution in [3.8, 4) is 0 Å². The molecule has 0 aromatic rings. The van der Waals surface area contributed by atoms with E-state index >= 15 is 0 Å². The molecule has 3 unspecified atom stereocenters. The van der Waals surface area contributed by atoms with Gasteiger partial charge in [-0.15, -0.1) is 0 Å². The first kappa shape index (κ1) is 15.2. The van der Waals surface area contributed by atoms with Gasteiger partial charge in [0.05, 0.1) is 12.7 Å². The molecule has 19 heavy (non-hydrogen) atoms. The lowest BCUT2D eigenvalue weighted by molar-refractivity contribution is 0.0657. The zero-order chi connectivity index (χ0) is 13.7. The van der Waals surface area contributed by atoms with E-state index in [1.165, 1.54) is 19.3 Å². The van der Waals surface area contributed by atoms with Gasteiger partial charge < -0.3 is 20.1 Å². The second kappa shape index (κ2) is 7.02. The first-order chi connectivity index (χ1) is 9.19. The minimum absolute atomic E-state index is 0.0362. The highest BCUT2D eigenvalue weighted by Crippen LogP contribution is 2.33. The second-order valence-corrected chi connectivity index (χ2v) is 6.34. The van der Waals surface area contributed by atoms with Crippen molar-refractivity contribution in [1.82, 2.24) is 10.2 Å². The summed E-state index contributed by atoms with van der Waals surface area (Å²) in [6.07, 6.45) is 7.30. The first-order valence-electron chi connectivity index (χ1n) is 7.87. The van der Waals surface area contributed by atoms with E-state index in [9.17, 15) is 5.11 Å². The predicted octanol–water partition coefficient (Wildman–Crippen LogP) is 1.38. The van der Waals surface area contributed by atoms with Crippen LogP contribution in [-0.4, -0.2) is 61.0 Å². The zero-order valence-corrected chi connectivity index (χ0v) is 12.5. The standard InChI is InChI=1S/C15H30N2O2/c1-3-8-16-15(12-18)7-6-13(10-15)17(2)11-14-5-4-9-19-14/h13-14,16,18H,3-12H2,1-2H3. The molecule has 1 aliphatic carbocycles. The maximum atomic E-state index is 9.72.